The number of thioether (sulfide) groups is 1. The summed E-state index contributed by atoms with van der Waals surface area (Å²) in [4.78, 5) is 64.6. The van der Waals surface area contributed by atoms with E-state index in [9.17, 15) is 38.9 Å². The van der Waals surface area contributed by atoms with Gasteiger partial charge in [-0.25, -0.2) is 9.37 Å². The average Bonchev–Trinajstić information content (AvgIpc) is 3.90. The van der Waals surface area contributed by atoms with Crippen LogP contribution in [0.25, 0.3) is 5.70 Å². The topological polar surface area (TPSA) is 264 Å². The van der Waals surface area contributed by atoms with Crippen LogP contribution in [-0.2, 0) is 19.2 Å². The quantitative estimate of drug-likeness (QED) is 0.0377. The summed E-state index contributed by atoms with van der Waals surface area (Å²) in [6, 6.07) is 0.970. The maximum Gasteiger partial charge on any atom is 1.00 e. The van der Waals surface area contributed by atoms with Crippen molar-refractivity contribution < 1.29 is 77.8 Å². The van der Waals surface area contributed by atoms with Gasteiger partial charge in [0.05, 0.1) is 43.7 Å². The molecule has 2 unspecified atom stereocenters. The number of halogens is 1. The molecule has 19 nitrogen and oxygen atoms in total. The zero-order chi connectivity index (χ0) is 37.8. The molecule has 0 radical (unpaired) electrons. The van der Waals surface area contributed by atoms with E-state index in [-0.39, 0.29) is 63.5 Å². The van der Waals surface area contributed by atoms with Crippen LogP contribution in [0.2, 0.25) is 0 Å². The first-order chi connectivity index (χ1) is 25.2. The molecule has 4 aliphatic heterocycles. The van der Waals surface area contributed by atoms with E-state index in [1.54, 1.807) is 4.90 Å². The number of tetrazole rings is 1. The van der Waals surface area contributed by atoms with Crippen molar-refractivity contribution in [1.82, 2.24) is 40.7 Å². The fourth-order valence-electron chi connectivity index (χ4n) is 7.13. The number of carbonyl (C=O) groups is 4. The van der Waals surface area contributed by atoms with E-state index >= 15 is 0 Å². The molecule has 4 aliphatic rings. The fourth-order valence-corrected chi connectivity index (χ4v) is 9.01. The number of amides is 3. The Morgan fingerprint density at radius 1 is 1.28 bits per heavy atom. The van der Waals surface area contributed by atoms with E-state index < -0.39 is 58.0 Å². The number of nitrogens with two attached hydrogens (primary N) is 1. The number of hydrogen-bond donors (Lipinski definition) is 4. The minimum Gasteiger partial charge on any atom is -0.546 e. The van der Waals surface area contributed by atoms with Gasteiger partial charge in [0.1, 0.15) is 29.7 Å². The van der Waals surface area contributed by atoms with Crippen LogP contribution >= 0.6 is 23.1 Å². The number of quaternary nitrogens is 1. The molecule has 5 N–H and O–H groups in total. The third kappa shape index (κ3) is 7.12. The summed E-state index contributed by atoms with van der Waals surface area (Å²) in [5.41, 5.74) is 4.77. The molecule has 280 valence electrons. The molecular weight excluding hydrogens is 761 g/mol. The Bertz CT molecular complexity index is 2040. The van der Waals surface area contributed by atoms with Gasteiger partial charge in [-0.05, 0) is 26.0 Å². The van der Waals surface area contributed by atoms with E-state index in [4.69, 9.17) is 10.6 Å². The molecule has 54 heavy (non-hydrogen) atoms. The zero-order valence-corrected chi connectivity index (χ0v) is 32.9. The predicted molar refractivity (Wildman–Crippen MR) is 182 cm³/mol. The van der Waals surface area contributed by atoms with Crippen LogP contribution in [0.15, 0.2) is 28.2 Å². The molecule has 0 bridgehead atoms. The first-order valence-corrected chi connectivity index (χ1v) is 18.3. The van der Waals surface area contributed by atoms with E-state index in [0.717, 1.165) is 48.4 Å². The molecular formula is C31H33FN11NaO8S2. The molecule has 0 saturated carbocycles. The van der Waals surface area contributed by atoms with Gasteiger partial charge in [-0.3, -0.25) is 29.6 Å². The van der Waals surface area contributed by atoms with Crippen molar-refractivity contribution in [1.29, 1.82) is 0 Å². The summed E-state index contributed by atoms with van der Waals surface area (Å²) in [5, 5.41) is 53.9. The minimum absolute atomic E-state index is 0. The maximum absolute atomic E-state index is 14.1. The van der Waals surface area contributed by atoms with Crippen molar-refractivity contribution in [2.24, 2.45) is 5.16 Å². The van der Waals surface area contributed by atoms with Gasteiger partial charge in [0, 0.05) is 35.1 Å². The number of nitrogen functional groups attached to an aromatic ring is 1. The van der Waals surface area contributed by atoms with Gasteiger partial charge >= 0.3 is 29.6 Å². The minimum atomic E-state index is -1.88. The molecule has 0 spiro atoms. The van der Waals surface area contributed by atoms with Gasteiger partial charge in [0.15, 0.2) is 33.8 Å². The Kier molecular flexibility index (Phi) is 11.0. The average molecular weight is 794 g/mol. The second-order valence-corrected chi connectivity index (χ2v) is 15.6. The molecule has 3 aromatic rings. The zero-order valence-electron chi connectivity index (χ0n) is 29.3. The molecule has 0 aliphatic carbocycles. The number of aromatic nitrogens is 5. The number of aliphatic carboxylic acids is 1. The summed E-state index contributed by atoms with van der Waals surface area (Å²) in [7, 11) is 0. The number of thiazole rings is 1. The van der Waals surface area contributed by atoms with Crippen LogP contribution in [0.1, 0.15) is 48.6 Å². The monoisotopic (exact) mass is 793 g/mol. The number of aromatic hydroxyl groups is 2. The van der Waals surface area contributed by atoms with Gasteiger partial charge in [-0.1, -0.05) is 5.16 Å². The third-order valence-electron chi connectivity index (χ3n) is 9.95. The van der Waals surface area contributed by atoms with Gasteiger partial charge in [-0.2, -0.15) is 5.21 Å². The molecule has 23 heteroatoms. The number of carboxylic acid groups (broad SMARTS) is 1. The molecule has 7 rings (SSSR count). The van der Waals surface area contributed by atoms with Gasteiger partial charge in [0.25, 0.3) is 17.7 Å². The van der Waals surface area contributed by atoms with Crippen LogP contribution in [-0.4, -0.2) is 136 Å². The number of nitrogens with zero attached hydrogens (tertiary/aromatic N) is 9. The summed E-state index contributed by atoms with van der Waals surface area (Å²) in [6.45, 7) is 5.03. The number of carboxylic acids is 1. The van der Waals surface area contributed by atoms with Gasteiger partial charge < -0.3 is 50.5 Å². The Hall–Kier alpha value is -4.35. The third-order valence-corrected chi connectivity index (χ3v) is 12.0. The molecule has 4 atom stereocenters. The van der Waals surface area contributed by atoms with Crippen molar-refractivity contribution in [2.75, 3.05) is 44.2 Å². The number of fused-ring (bicyclic) bond motifs is 2. The van der Waals surface area contributed by atoms with Crippen LogP contribution in [0, 0.1) is 5.82 Å². The van der Waals surface area contributed by atoms with Gasteiger partial charge in [0.2, 0.25) is 0 Å². The first-order valence-electron chi connectivity index (χ1n) is 16.4. The van der Waals surface area contributed by atoms with Crippen LogP contribution < -0.4 is 50.8 Å². The van der Waals surface area contributed by atoms with Crippen molar-refractivity contribution in [3.8, 4) is 11.5 Å². The molecule has 2 aromatic heterocycles. The Morgan fingerprint density at radius 2 is 2.06 bits per heavy atom. The number of rotatable bonds is 10. The Labute approximate surface area is 336 Å². The second-order valence-electron chi connectivity index (χ2n) is 13.6. The summed E-state index contributed by atoms with van der Waals surface area (Å²) >= 11 is 2.45. The Balaban J connectivity index is 0.00000497. The summed E-state index contributed by atoms with van der Waals surface area (Å²) in [6.07, 6.45) is 1.72. The van der Waals surface area contributed by atoms with Crippen LogP contribution in [0.3, 0.4) is 0 Å². The van der Waals surface area contributed by atoms with Crippen LogP contribution in [0.5, 0.6) is 11.5 Å². The number of β-lactam (4-membered cyclic amide) rings is 1. The number of nitrogens with one attached hydrogen (secondary N) is 1. The molecule has 1 aromatic carbocycles. The van der Waals surface area contributed by atoms with Crippen molar-refractivity contribution >= 4 is 63.3 Å². The van der Waals surface area contributed by atoms with E-state index in [0.29, 0.717) is 42.1 Å². The van der Waals surface area contributed by atoms with Crippen molar-refractivity contribution in [2.45, 2.75) is 49.7 Å². The number of phenols is 2. The predicted octanol–water partition coefficient (Wildman–Crippen LogP) is -4.38. The number of anilines is 1. The summed E-state index contributed by atoms with van der Waals surface area (Å²) < 4.78 is 14.8. The van der Waals surface area contributed by atoms with Crippen molar-refractivity contribution in [3.05, 3.63) is 46.0 Å². The molecule has 3 saturated heterocycles. The maximum atomic E-state index is 14.1. The fraction of sp³-hybridized carbons (Fsp3) is 0.452. The number of phenolic OH excluding ortho intramolecular Hbond substituents is 2. The number of benzene rings is 1. The van der Waals surface area contributed by atoms with Crippen LogP contribution in [0.4, 0.5) is 9.52 Å². The molecule has 6 heterocycles. The first kappa shape index (κ1) is 39.3. The standard InChI is InChI=1S/C31H34FN11O8S2.Na/c1-31(2,29(49)50)51-38-20(18-13-53-30(33)34-18)25(46)35-21-27(48)42-22(24-36-39-40-37-24)15(12-52-28(21)42)11-43-6-3-4-16(43)10-41(5-7-43)26(47)14-8-17(32)23(45)19(44)9-14;/h8-9,13,16,21,28H,3-7,10-12H2,1-2H3,(H6-,33,34,35,36,37,38,39,40,44,45,46,47,49,50);/q;+1/p-1/t16?,21-,28-,43?;/m1./s1. The normalized spacial score (nSPS) is 23.9. The molecule has 3 amide bonds. The van der Waals surface area contributed by atoms with E-state index in [1.165, 1.54) is 35.9 Å². The molecule has 3 fully saturated rings. The van der Waals surface area contributed by atoms with Crippen molar-refractivity contribution in [3.63, 3.8) is 0 Å². The van der Waals surface area contributed by atoms with Gasteiger partial charge in [-0.15, -0.1) is 23.1 Å². The second kappa shape index (κ2) is 15.1. The van der Waals surface area contributed by atoms with E-state index in [1.807, 2.05) is 0 Å². The SMILES string of the molecule is CC(C)(O/N=C(\C(=O)N[C@@H]1C(=O)N2C(c3nnn[n-]3)=C(C[N+]34CCCC3CN(C(=O)c3cc(O)c(O)c(F)c3)CC4)CS[C@H]12)c1csc(N)n1)C(=O)[O-].[Na+]. The number of carbonyl (C=O) groups excluding carboxylic acids is 4. The number of oxime groups is 1. The summed E-state index contributed by atoms with van der Waals surface area (Å²) in [5.74, 6) is -5.45. The largest absolute Gasteiger partial charge is 1.00 e. The number of hydrogen-bond acceptors (Lipinski definition) is 16. The number of piperazine rings is 1. The van der Waals surface area contributed by atoms with E-state index in [2.05, 4.69) is 36.1 Å². The smallest absolute Gasteiger partial charge is 0.546 e. The Morgan fingerprint density at radius 3 is 2.72 bits per heavy atom.